The Morgan fingerprint density at radius 3 is 2.21 bits per heavy atom. The number of hydrogen-bond donors (Lipinski definition) is 6. The molecule has 0 bridgehead atoms. The van der Waals surface area contributed by atoms with Gasteiger partial charge in [-0.1, -0.05) is 0 Å². The van der Waals surface area contributed by atoms with Crippen LogP contribution in [0.3, 0.4) is 0 Å². The van der Waals surface area contributed by atoms with Gasteiger partial charge >= 0.3 is 0 Å². The molecule has 182 valence electrons. The van der Waals surface area contributed by atoms with Crippen LogP contribution >= 0.6 is 0 Å². The standard InChI is InChI=1S/C23H27N3O8/c1-25(2)11-5-6-12(27)15-10(11)7-9-8-13-22(33,18(29)14(9)17(15)28)19(30)16(21(24)32)20(31)23(13,34)26(3)4/h5-6,9,13,27-28,31,33-34H,7-8H2,1-4H3,(H2,24,32)/t9-,13-,22-,23-/m0/s1. The Hall–Kier alpha value is -3.41. The fourth-order valence-corrected chi connectivity index (χ4v) is 5.62. The molecule has 0 unspecified atom stereocenters. The molecule has 1 saturated carbocycles. The summed E-state index contributed by atoms with van der Waals surface area (Å²) in [6, 6.07) is 3.01. The van der Waals surface area contributed by atoms with Crippen LogP contribution in [-0.4, -0.2) is 87.4 Å². The van der Waals surface area contributed by atoms with Crippen molar-refractivity contribution < 1.29 is 39.9 Å². The first-order valence-corrected chi connectivity index (χ1v) is 10.6. The number of primary amides is 1. The molecule has 0 aliphatic heterocycles. The van der Waals surface area contributed by atoms with E-state index in [0.29, 0.717) is 11.3 Å². The van der Waals surface area contributed by atoms with E-state index in [1.54, 1.807) is 25.1 Å². The predicted octanol–water partition coefficient (Wildman–Crippen LogP) is -0.650. The number of aliphatic hydroxyl groups excluding tert-OH is 2. The van der Waals surface area contributed by atoms with Crippen LogP contribution in [0.1, 0.15) is 17.5 Å². The monoisotopic (exact) mass is 473 g/mol. The Labute approximate surface area is 195 Å². The number of phenols is 1. The van der Waals surface area contributed by atoms with Crippen LogP contribution in [0.5, 0.6) is 5.75 Å². The van der Waals surface area contributed by atoms with E-state index in [-0.39, 0.29) is 29.7 Å². The third-order valence-electron chi connectivity index (χ3n) is 7.29. The van der Waals surface area contributed by atoms with Gasteiger partial charge in [0.05, 0.1) is 11.5 Å². The molecule has 4 rings (SSSR count). The third kappa shape index (κ3) is 2.71. The fraction of sp³-hybridized carbons (Fsp3) is 0.435. The molecule has 11 heteroatoms. The highest BCUT2D eigenvalue weighted by atomic mass is 16.4. The summed E-state index contributed by atoms with van der Waals surface area (Å²) >= 11 is 0. The first-order valence-electron chi connectivity index (χ1n) is 10.6. The fourth-order valence-electron chi connectivity index (χ4n) is 5.62. The highest BCUT2D eigenvalue weighted by Crippen LogP contribution is 2.55. The zero-order chi connectivity index (χ0) is 25.5. The summed E-state index contributed by atoms with van der Waals surface area (Å²) in [5.41, 5.74) is -0.366. The lowest BCUT2D eigenvalue weighted by Crippen LogP contribution is -2.72. The summed E-state index contributed by atoms with van der Waals surface area (Å²) in [5.74, 6) is -8.37. The number of aliphatic hydroxyl groups is 4. The molecule has 0 saturated heterocycles. The van der Waals surface area contributed by atoms with Gasteiger partial charge in [-0.15, -0.1) is 0 Å². The quantitative estimate of drug-likeness (QED) is 0.187. The minimum absolute atomic E-state index is 0.00694. The lowest BCUT2D eigenvalue weighted by Gasteiger charge is -2.53. The van der Waals surface area contributed by atoms with E-state index in [1.807, 2.05) is 0 Å². The zero-order valence-corrected chi connectivity index (χ0v) is 19.2. The van der Waals surface area contributed by atoms with Gasteiger partial charge in [-0.25, -0.2) is 0 Å². The summed E-state index contributed by atoms with van der Waals surface area (Å²) < 4.78 is 0. The molecule has 1 aromatic carbocycles. The maximum atomic E-state index is 13.7. The van der Waals surface area contributed by atoms with E-state index in [4.69, 9.17) is 5.73 Å². The van der Waals surface area contributed by atoms with Crippen molar-refractivity contribution in [3.8, 4) is 5.75 Å². The number of amides is 1. The number of rotatable bonds is 3. The molecular weight excluding hydrogens is 446 g/mol. The molecule has 7 N–H and O–H groups in total. The van der Waals surface area contributed by atoms with E-state index in [0.717, 1.165) is 4.90 Å². The number of phenolic OH excluding ortho intramolecular Hbond substituents is 1. The van der Waals surface area contributed by atoms with Gasteiger partial charge in [0.1, 0.15) is 17.1 Å². The van der Waals surface area contributed by atoms with Crippen LogP contribution in [0, 0.1) is 11.8 Å². The summed E-state index contributed by atoms with van der Waals surface area (Å²) in [7, 11) is 6.23. The minimum Gasteiger partial charge on any atom is -0.507 e. The van der Waals surface area contributed by atoms with Crippen molar-refractivity contribution in [2.45, 2.75) is 24.2 Å². The molecule has 34 heavy (non-hydrogen) atoms. The number of carbonyl (C=O) groups excluding carboxylic acids is 3. The Bertz CT molecular complexity index is 1220. The van der Waals surface area contributed by atoms with Gasteiger partial charge in [-0.2, -0.15) is 0 Å². The van der Waals surface area contributed by atoms with Gasteiger partial charge in [0.2, 0.25) is 11.6 Å². The summed E-state index contributed by atoms with van der Waals surface area (Å²) in [6.45, 7) is 0. The number of likely N-dealkylation sites (N-methyl/N-ethyl adjacent to an activating group) is 1. The van der Waals surface area contributed by atoms with E-state index in [2.05, 4.69) is 0 Å². The van der Waals surface area contributed by atoms with Crippen LogP contribution in [0.2, 0.25) is 0 Å². The molecule has 11 nitrogen and oxygen atoms in total. The molecule has 3 aliphatic rings. The average molecular weight is 473 g/mol. The van der Waals surface area contributed by atoms with E-state index >= 15 is 0 Å². The van der Waals surface area contributed by atoms with Crippen LogP contribution in [0.25, 0.3) is 5.76 Å². The van der Waals surface area contributed by atoms with Crippen LogP contribution in [0.15, 0.2) is 29.0 Å². The zero-order valence-electron chi connectivity index (χ0n) is 19.2. The SMILES string of the molecule is CN(C)c1ccc(O)c2c1C[C@H]1C[C@H]3[C@@](O)(C(=O)C(C(N)=O)=C(O)[C@]3(O)N(C)C)C(=O)C1=C2O. The second kappa shape index (κ2) is 7.29. The van der Waals surface area contributed by atoms with E-state index in [1.165, 1.54) is 20.2 Å². The number of ketones is 2. The second-order valence-corrected chi connectivity index (χ2v) is 9.44. The number of hydrogen-bond acceptors (Lipinski definition) is 10. The number of nitrogens with zero attached hydrogens (tertiary/aromatic N) is 2. The number of nitrogens with two attached hydrogens (primary N) is 1. The van der Waals surface area contributed by atoms with Gasteiger partial charge in [-0.3, -0.25) is 19.3 Å². The number of Topliss-reactive ketones (excluding diaryl/α,β-unsaturated/α-hetero) is 2. The number of benzene rings is 1. The van der Waals surface area contributed by atoms with Crippen LogP contribution in [-0.2, 0) is 20.8 Å². The van der Waals surface area contributed by atoms with E-state index < -0.39 is 57.7 Å². The number of anilines is 1. The van der Waals surface area contributed by atoms with Crippen molar-refractivity contribution in [1.82, 2.24) is 4.90 Å². The molecule has 0 heterocycles. The summed E-state index contributed by atoms with van der Waals surface area (Å²) in [5, 5.41) is 55.3. The summed E-state index contributed by atoms with van der Waals surface area (Å²) in [6.07, 6.45) is -0.0695. The Kier molecular flexibility index (Phi) is 5.09. The molecule has 0 spiro atoms. The molecule has 0 radical (unpaired) electrons. The van der Waals surface area contributed by atoms with Crippen molar-refractivity contribution in [2.75, 3.05) is 33.1 Å². The number of fused-ring (bicyclic) bond motifs is 3. The molecule has 3 aliphatic carbocycles. The van der Waals surface area contributed by atoms with E-state index in [9.17, 15) is 39.9 Å². The topological polar surface area (TPSA) is 185 Å². The number of aromatic hydroxyl groups is 1. The molecule has 4 atom stereocenters. The predicted molar refractivity (Wildman–Crippen MR) is 120 cm³/mol. The summed E-state index contributed by atoms with van der Waals surface area (Å²) in [4.78, 5) is 41.8. The molecule has 1 fully saturated rings. The maximum Gasteiger partial charge on any atom is 0.256 e. The number of carbonyl (C=O) groups is 3. The van der Waals surface area contributed by atoms with Crippen LogP contribution < -0.4 is 10.6 Å². The maximum absolute atomic E-state index is 13.7. The highest BCUT2D eigenvalue weighted by molar-refractivity contribution is 6.33. The van der Waals surface area contributed by atoms with Crippen molar-refractivity contribution in [1.29, 1.82) is 0 Å². The lowest BCUT2D eigenvalue weighted by molar-refractivity contribution is -0.204. The second-order valence-electron chi connectivity index (χ2n) is 9.44. The minimum atomic E-state index is -2.98. The third-order valence-corrected chi connectivity index (χ3v) is 7.29. The molecule has 1 aromatic rings. The van der Waals surface area contributed by atoms with Crippen molar-refractivity contribution >= 4 is 28.9 Å². The first-order chi connectivity index (χ1) is 15.7. The lowest BCUT2D eigenvalue weighted by atomic mass is 9.56. The van der Waals surface area contributed by atoms with Crippen molar-refractivity contribution in [2.24, 2.45) is 17.6 Å². The molecule has 0 aromatic heterocycles. The normalized spacial score (nSPS) is 30.8. The molecular formula is C23H27N3O8. The van der Waals surface area contributed by atoms with Gasteiger partial charge in [0.15, 0.2) is 17.1 Å². The van der Waals surface area contributed by atoms with Gasteiger partial charge in [0, 0.05) is 25.4 Å². The van der Waals surface area contributed by atoms with Gasteiger partial charge in [-0.05, 0) is 50.6 Å². The average Bonchev–Trinajstić information content (AvgIpc) is 2.73. The Morgan fingerprint density at radius 2 is 1.68 bits per heavy atom. The largest absolute Gasteiger partial charge is 0.507 e. The highest BCUT2D eigenvalue weighted by Gasteiger charge is 2.70. The van der Waals surface area contributed by atoms with Crippen molar-refractivity contribution in [3.05, 3.63) is 40.2 Å². The smallest absolute Gasteiger partial charge is 0.256 e. The van der Waals surface area contributed by atoms with Gasteiger partial charge < -0.3 is 36.2 Å². The first kappa shape index (κ1) is 23.7. The van der Waals surface area contributed by atoms with Crippen LogP contribution in [0.4, 0.5) is 5.69 Å². The van der Waals surface area contributed by atoms with Crippen molar-refractivity contribution in [3.63, 3.8) is 0 Å². The Morgan fingerprint density at radius 1 is 1.06 bits per heavy atom. The molecule has 1 amide bonds. The van der Waals surface area contributed by atoms with Gasteiger partial charge in [0.25, 0.3) is 5.91 Å². The Balaban J connectivity index is 2.01.